The Balaban J connectivity index is 1.46. The van der Waals surface area contributed by atoms with E-state index in [2.05, 4.69) is 5.32 Å². The number of imide groups is 1. The van der Waals surface area contributed by atoms with Crippen LogP contribution in [0.5, 0.6) is 0 Å². The first kappa shape index (κ1) is 24.2. The average Bonchev–Trinajstić information content (AvgIpc) is 3.37. The number of carbonyl (C=O) groups excluding carboxylic acids is 3. The van der Waals surface area contributed by atoms with Gasteiger partial charge in [0.15, 0.2) is 0 Å². The van der Waals surface area contributed by atoms with E-state index in [1.54, 1.807) is 53.6 Å². The number of nitrogens with one attached hydrogen (secondary N) is 1. The summed E-state index contributed by atoms with van der Waals surface area (Å²) in [5.41, 5.74) is 0.327. The molecule has 6 nitrogen and oxygen atoms in total. The van der Waals surface area contributed by atoms with E-state index in [-0.39, 0.29) is 0 Å². The molecular weight excluding hydrogens is 519 g/mol. The Morgan fingerprint density at radius 2 is 1.53 bits per heavy atom. The first-order valence-electron chi connectivity index (χ1n) is 11.8. The van der Waals surface area contributed by atoms with Crippen molar-refractivity contribution < 1.29 is 27.6 Å². The number of hydrogen-bond acceptors (Lipinski definition) is 4. The van der Waals surface area contributed by atoms with E-state index in [1.165, 1.54) is 12.1 Å². The van der Waals surface area contributed by atoms with Gasteiger partial charge in [-0.15, -0.1) is 0 Å². The van der Waals surface area contributed by atoms with Crippen LogP contribution < -0.4 is 10.2 Å². The fraction of sp³-hybridized carbons (Fsp3) is 0.179. The van der Waals surface area contributed by atoms with Crippen LogP contribution in [-0.4, -0.2) is 28.7 Å². The molecule has 4 atom stereocenters. The molecule has 3 heterocycles. The molecular formula is C28H19ClF3N3O3. The van der Waals surface area contributed by atoms with E-state index in [1.807, 2.05) is 12.1 Å². The van der Waals surface area contributed by atoms with Crippen molar-refractivity contribution >= 4 is 46.8 Å². The molecule has 0 aromatic heterocycles. The minimum Gasteiger partial charge on any atom is -0.357 e. The van der Waals surface area contributed by atoms with E-state index in [0.29, 0.717) is 15.6 Å². The fourth-order valence-electron chi connectivity index (χ4n) is 5.75. The number of halogens is 4. The van der Waals surface area contributed by atoms with Crippen LogP contribution in [0.2, 0.25) is 5.02 Å². The number of benzene rings is 3. The highest BCUT2D eigenvalue weighted by Crippen LogP contribution is 2.54. The third-order valence-corrected chi connectivity index (χ3v) is 7.54. The van der Waals surface area contributed by atoms with Crippen molar-refractivity contribution in [2.45, 2.75) is 18.3 Å². The van der Waals surface area contributed by atoms with Gasteiger partial charge in [-0.25, -0.2) is 4.90 Å². The lowest BCUT2D eigenvalue weighted by atomic mass is 9.84. The zero-order valence-corrected chi connectivity index (χ0v) is 20.3. The number of anilines is 2. The van der Waals surface area contributed by atoms with Crippen molar-refractivity contribution in [1.29, 1.82) is 0 Å². The van der Waals surface area contributed by atoms with Crippen molar-refractivity contribution in [3.05, 3.63) is 101 Å². The molecule has 0 bridgehead atoms. The molecule has 2 saturated heterocycles. The third kappa shape index (κ3) is 3.68. The zero-order valence-electron chi connectivity index (χ0n) is 19.5. The Morgan fingerprint density at radius 3 is 2.26 bits per heavy atom. The Hall–Kier alpha value is -4.11. The minimum atomic E-state index is -4.79. The molecule has 2 fully saturated rings. The summed E-state index contributed by atoms with van der Waals surface area (Å²) in [6.45, 7) is 0. The number of para-hydroxylation sites is 1. The van der Waals surface area contributed by atoms with Gasteiger partial charge in [0, 0.05) is 16.9 Å². The van der Waals surface area contributed by atoms with Gasteiger partial charge < -0.3 is 10.2 Å². The summed E-state index contributed by atoms with van der Waals surface area (Å²) in [5, 5.41) is 3.24. The summed E-state index contributed by atoms with van der Waals surface area (Å²) in [6.07, 6.45) is -1.32. The van der Waals surface area contributed by atoms with E-state index in [4.69, 9.17) is 11.6 Å². The first-order chi connectivity index (χ1) is 18.2. The lowest BCUT2D eigenvalue weighted by molar-refractivity contribution is -0.137. The van der Waals surface area contributed by atoms with Crippen LogP contribution >= 0.6 is 11.6 Å². The van der Waals surface area contributed by atoms with E-state index >= 15 is 0 Å². The van der Waals surface area contributed by atoms with Crippen LogP contribution in [0.3, 0.4) is 0 Å². The Kier molecular flexibility index (Phi) is 5.57. The maximum Gasteiger partial charge on any atom is 0.418 e. The molecule has 3 aromatic rings. The molecule has 192 valence electrons. The monoisotopic (exact) mass is 537 g/mol. The zero-order chi connectivity index (χ0) is 26.8. The largest absolute Gasteiger partial charge is 0.418 e. The summed E-state index contributed by atoms with van der Waals surface area (Å²) >= 11 is 5.94. The third-order valence-electron chi connectivity index (χ3n) is 7.29. The highest BCUT2D eigenvalue weighted by molar-refractivity contribution is 6.30. The van der Waals surface area contributed by atoms with Gasteiger partial charge in [0.2, 0.25) is 17.7 Å². The molecule has 3 aliphatic rings. The van der Waals surface area contributed by atoms with E-state index < -0.39 is 59.1 Å². The molecule has 10 heteroatoms. The summed E-state index contributed by atoms with van der Waals surface area (Å²) in [6, 6.07) is 16.3. The Labute approximate surface area is 220 Å². The van der Waals surface area contributed by atoms with Gasteiger partial charge in [0.25, 0.3) is 0 Å². The van der Waals surface area contributed by atoms with Crippen molar-refractivity contribution in [2.24, 2.45) is 11.8 Å². The van der Waals surface area contributed by atoms with Crippen LogP contribution in [0, 0.1) is 11.8 Å². The number of hydrogen-bond donors (Lipinski definition) is 1. The molecule has 6 rings (SSSR count). The highest BCUT2D eigenvalue weighted by atomic mass is 35.5. The maximum absolute atomic E-state index is 13.8. The quantitative estimate of drug-likeness (QED) is 0.447. The number of nitrogens with zero attached hydrogens (tertiary/aromatic N) is 2. The fourth-order valence-corrected chi connectivity index (χ4v) is 5.88. The predicted octanol–water partition coefficient (Wildman–Crippen LogP) is 5.51. The standard InChI is InChI=1S/C28H19ClF3N3O3/c29-16-9-11-17(12-10-16)33-25(36)24-22-21(23-18-6-2-1-5-15(18)13-14-34(23)24)26(37)35(27(22)38)20-8-4-3-7-19(20)28(30,31)32/h1-14,21-24H,(H,33,36)/t21-,22+,23?,24-/m0/s1. The van der Waals surface area contributed by atoms with Crippen molar-refractivity contribution in [2.75, 3.05) is 10.2 Å². The molecule has 0 saturated carbocycles. The second-order valence-electron chi connectivity index (χ2n) is 9.36. The summed E-state index contributed by atoms with van der Waals surface area (Å²) in [5.74, 6) is -4.42. The van der Waals surface area contributed by atoms with Crippen molar-refractivity contribution in [3.63, 3.8) is 0 Å². The number of alkyl halides is 3. The normalized spacial score (nSPS) is 23.8. The Bertz CT molecular complexity index is 1500. The van der Waals surface area contributed by atoms with Gasteiger partial charge in [0.05, 0.1) is 29.1 Å². The summed E-state index contributed by atoms with van der Waals surface area (Å²) in [4.78, 5) is 43.6. The van der Waals surface area contributed by atoms with Gasteiger partial charge in [-0.05, 0) is 53.6 Å². The molecule has 1 N–H and O–H groups in total. The summed E-state index contributed by atoms with van der Waals surface area (Å²) in [7, 11) is 0. The minimum absolute atomic E-state index is 0.428. The average molecular weight is 538 g/mol. The van der Waals surface area contributed by atoms with E-state index in [9.17, 15) is 27.6 Å². The molecule has 0 spiro atoms. The van der Waals surface area contributed by atoms with Crippen LogP contribution in [0.1, 0.15) is 22.7 Å². The number of rotatable bonds is 3. The van der Waals surface area contributed by atoms with Gasteiger partial charge in [-0.1, -0.05) is 48.0 Å². The molecule has 3 aromatic carbocycles. The van der Waals surface area contributed by atoms with Crippen LogP contribution in [0.15, 0.2) is 79.0 Å². The maximum atomic E-state index is 13.8. The first-order valence-corrected chi connectivity index (χ1v) is 12.2. The smallest absolute Gasteiger partial charge is 0.357 e. The number of amides is 3. The molecule has 1 unspecified atom stereocenters. The van der Waals surface area contributed by atoms with Crippen LogP contribution in [0.4, 0.5) is 24.5 Å². The second-order valence-corrected chi connectivity index (χ2v) is 9.79. The molecule has 0 aliphatic carbocycles. The van der Waals surface area contributed by atoms with Gasteiger partial charge in [0.1, 0.15) is 6.04 Å². The lowest BCUT2D eigenvalue weighted by Gasteiger charge is -2.35. The van der Waals surface area contributed by atoms with Crippen molar-refractivity contribution in [1.82, 2.24) is 4.90 Å². The van der Waals surface area contributed by atoms with Crippen LogP contribution in [0.25, 0.3) is 6.08 Å². The predicted molar refractivity (Wildman–Crippen MR) is 135 cm³/mol. The molecule has 3 aliphatic heterocycles. The topological polar surface area (TPSA) is 69.7 Å². The van der Waals surface area contributed by atoms with Crippen molar-refractivity contribution in [3.8, 4) is 0 Å². The Morgan fingerprint density at radius 1 is 0.868 bits per heavy atom. The van der Waals surface area contributed by atoms with Gasteiger partial charge in [-0.3, -0.25) is 14.4 Å². The summed E-state index contributed by atoms with van der Waals surface area (Å²) < 4.78 is 41.5. The van der Waals surface area contributed by atoms with E-state index in [0.717, 1.165) is 23.3 Å². The SMILES string of the molecule is O=C(Nc1ccc(Cl)cc1)[C@@H]1[C@@H]2C(=O)N(c3ccccc3C(F)(F)F)C(=O)[C@@H]2C2c3ccccc3C=CN21. The second kappa shape index (κ2) is 8.73. The number of carbonyl (C=O) groups is 3. The number of fused-ring (bicyclic) bond motifs is 5. The van der Waals surface area contributed by atoms with Gasteiger partial charge in [-0.2, -0.15) is 13.2 Å². The highest BCUT2D eigenvalue weighted by Gasteiger charge is 2.65. The van der Waals surface area contributed by atoms with Gasteiger partial charge >= 0.3 is 6.18 Å². The lowest BCUT2D eigenvalue weighted by Crippen LogP contribution is -2.46. The van der Waals surface area contributed by atoms with Crippen LogP contribution in [-0.2, 0) is 20.6 Å². The molecule has 0 radical (unpaired) electrons. The molecule has 38 heavy (non-hydrogen) atoms. The molecule has 3 amide bonds.